The molecule has 0 radical (unpaired) electrons. The van der Waals surface area contributed by atoms with Gasteiger partial charge >= 0.3 is 0 Å². The second-order valence-corrected chi connectivity index (χ2v) is 8.66. The number of fused-ring (bicyclic) bond motifs is 1. The summed E-state index contributed by atoms with van der Waals surface area (Å²) in [5.74, 6) is -0.349. The van der Waals surface area contributed by atoms with Gasteiger partial charge in [-0.3, -0.25) is 14.5 Å². The Balaban J connectivity index is 1.32. The maximum Gasteiger partial charge on any atom is 0.256 e. The van der Waals surface area contributed by atoms with Crippen molar-refractivity contribution in [1.29, 1.82) is 0 Å². The van der Waals surface area contributed by atoms with Gasteiger partial charge in [-0.15, -0.1) is 0 Å². The average molecular weight is 460 g/mol. The first-order valence-corrected chi connectivity index (χ1v) is 11.6. The Hall–Kier alpha value is -3.71. The number of halogens is 1. The lowest BCUT2D eigenvalue weighted by atomic mass is 10.0. The van der Waals surface area contributed by atoms with Crippen LogP contribution >= 0.6 is 0 Å². The molecular weight excluding hydrogens is 433 g/mol. The van der Waals surface area contributed by atoms with Crippen molar-refractivity contribution < 1.29 is 18.4 Å². The average Bonchev–Trinajstić information content (AvgIpc) is 3.57. The molecule has 2 N–H and O–H groups in total. The molecule has 0 bridgehead atoms. The number of nitrogens with zero attached hydrogens (tertiary/aromatic N) is 1. The summed E-state index contributed by atoms with van der Waals surface area (Å²) in [6, 6.07) is 13.7. The van der Waals surface area contributed by atoms with Crippen LogP contribution in [0.15, 0.2) is 59.2 Å². The zero-order valence-electron chi connectivity index (χ0n) is 18.9. The predicted molar refractivity (Wildman–Crippen MR) is 130 cm³/mol. The highest BCUT2D eigenvalue weighted by Gasteiger charge is 2.25. The van der Waals surface area contributed by atoms with E-state index in [0.717, 1.165) is 30.6 Å². The smallest absolute Gasteiger partial charge is 0.256 e. The minimum absolute atomic E-state index is 0.100. The molecule has 1 atom stereocenters. The van der Waals surface area contributed by atoms with E-state index in [9.17, 15) is 14.0 Å². The van der Waals surface area contributed by atoms with E-state index in [4.69, 9.17) is 4.42 Å². The number of likely N-dealkylation sites (tertiary alicyclic amines) is 1. The van der Waals surface area contributed by atoms with Crippen LogP contribution in [0, 0.1) is 5.82 Å². The maximum atomic E-state index is 13.7. The summed E-state index contributed by atoms with van der Waals surface area (Å²) in [5.41, 5.74) is 3.62. The van der Waals surface area contributed by atoms with Gasteiger partial charge in [-0.1, -0.05) is 19.1 Å². The lowest BCUT2D eigenvalue weighted by Gasteiger charge is -2.22. The lowest BCUT2D eigenvalue weighted by molar-refractivity contribution is -0.110. The van der Waals surface area contributed by atoms with E-state index in [1.165, 1.54) is 18.6 Å². The van der Waals surface area contributed by atoms with Crippen molar-refractivity contribution in [3.8, 4) is 11.1 Å². The Labute approximate surface area is 197 Å². The molecule has 0 spiro atoms. The fourth-order valence-corrected chi connectivity index (χ4v) is 4.72. The quantitative estimate of drug-likeness (QED) is 0.520. The van der Waals surface area contributed by atoms with Crippen molar-refractivity contribution in [3.63, 3.8) is 0 Å². The van der Waals surface area contributed by atoms with Gasteiger partial charge in [-0.05, 0) is 74.0 Å². The molecule has 2 aromatic carbocycles. The molecule has 34 heavy (non-hydrogen) atoms. The third-order valence-corrected chi connectivity index (χ3v) is 6.53. The first-order valence-electron chi connectivity index (χ1n) is 11.6. The third kappa shape index (κ3) is 4.39. The first kappa shape index (κ1) is 22.1. The van der Waals surface area contributed by atoms with E-state index >= 15 is 0 Å². The number of benzene rings is 2. The van der Waals surface area contributed by atoms with Crippen molar-refractivity contribution in [2.24, 2.45) is 0 Å². The largest absolute Gasteiger partial charge is 0.464 e. The molecule has 0 saturated carbocycles. The normalized spacial score (nSPS) is 18.8. The summed E-state index contributed by atoms with van der Waals surface area (Å²) in [6.07, 6.45) is 5.46. The molecule has 2 amide bonds. The Kier molecular flexibility index (Phi) is 6.02. The highest BCUT2D eigenvalue weighted by Crippen LogP contribution is 2.34. The van der Waals surface area contributed by atoms with Crippen molar-refractivity contribution >= 4 is 29.2 Å². The van der Waals surface area contributed by atoms with Crippen LogP contribution in [0.25, 0.3) is 22.8 Å². The summed E-state index contributed by atoms with van der Waals surface area (Å²) >= 11 is 0. The molecule has 3 heterocycles. The number of furan rings is 1. The van der Waals surface area contributed by atoms with E-state index in [-0.39, 0.29) is 11.8 Å². The van der Waals surface area contributed by atoms with E-state index in [2.05, 4.69) is 22.5 Å². The number of carbonyl (C=O) groups excluding carboxylic acids is 2. The summed E-state index contributed by atoms with van der Waals surface area (Å²) < 4.78 is 19.3. The zero-order chi connectivity index (χ0) is 23.7. The topological polar surface area (TPSA) is 74.6 Å². The molecule has 174 valence electrons. The van der Waals surface area contributed by atoms with E-state index in [0.29, 0.717) is 40.7 Å². The van der Waals surface area contributed by atoms with Crippen LogP contribution in [-0.4, -0.2) is 42.4 Å². The summed E-state index contributed by atoms with van der Waals surface area (Å²) in [6.45, 7) is 4.88. The molecule has 5 rings (SSSR count). The van der Waals surface area contributed by atoms with Gasteiger partial charge in [-0.2, -0.15) is 0 Å². The van der Waals surface area contributed by atoms with Gasteiger partial charge in [0.05, 0.1) is 11.8 Å². The number of anilines is 1. The molecule has 6 nitrogen and oxygen atoms in total. The minimum atomic E-state index is -0.410. The van der Waals surface area contributed by atoms with E-state index in [1.54, 1.807) is 30.5 Å². The highest BCUT2D eigenvalue weighted by atomic mass is 19.1. The number of carbonyl (C=O) groups is 2. The number of likely N-dealkylation sites (N-methyl/N-ethyl adjacent to an activating group) is 1. The number of hydrogen-bond donors (Lipinski definition) is 2. The SMILES string of the molecule is CCN1CCCC1CNC(=O)c1cccc(-c2coc(C=C3C(=O)Nc4ccc(F)cc43)c2)c1. The minimum Gasteiger partial charge on any atom is -0.464 e. The molecule has 2 aliphatic rings. The molecular formula is C27H26FN3O3. The maximum absolute atomic E-state index is 13.7. The fourth-order valence-electron chi connectivity index (χ4n) is 4.72. The van der Waals surface area contributed by atoms with Gasteiger partial charge in [0.1, 0.15) is 11.6 Å². The Morgan fingerprint density at radius 3 is 2.97 bits per heavy atom. The number of nitrogens with one attached hydrogen (secondary N) is 2. The van der Waals surface area contributed by atoms with Gasteiger partial charge < -0.3 is 15.1 Å². The van der Waals surface area contributed by atoms with E-state index < -0.39 is 5.82 Å². The van der Waals surface area contributed by atoms with Gasteiger partial charge in [0.15, 0.2) is 0 Å². The number of amides is 2. The van der Waals surface area contributed by atoms with Crippen LogP contribution in [-0.2, 0) is 4.79 Å². The molecule has 7 heteroatoms. The second kappa shape index (κ2) is 9.27. The van der Waals surface area contributed by atoms with Crippen LogP contribution < -0.4 is 10.6 Å². The molecule has 3 aromatic rings. The Bertz CT molecular complexity index is 1280. The zero-order valence-corrected chi connectivity index (χ0v) is 18.9. The second-order valence-electron chi connectivity index (χ2n) is 8.66. The van der Waals surface area contributed by atoms with Crippen LogP contribution in [0.5, 0.6) is 0 Å². The molecule has 1 unspecified atom stereocenters. The molecule has 1 aromatic heterocycles. The van der Waals surface area contributed by atoms with Crippen LogP contribution in [0.3, 0.4) is 0 Å². The predicted octanol–water partition coefficient (Wildman–Crippen LogP) is 4.79. The van der Waals surface area contributed by atoms with Gasteiger partial charge in [0.25, 0.3) is 11.8 Å². The van der Waals surface area contributed by atoms with Gasteiger partial charge in [0.2, 0.25) is 0 Å². The van der Waals surface area contributed by atoms with Crippen LogP contribution in [0.4, 0.5) is 10.1 Å². The van der Waals surface area contributed by atoms with Crippen molar-refractivity contribution in [2.45, 2.75) is 25.8 Å². The molecule has 1 fully saturated rings. The van der Waals surface area contributed by atoms with Crippen molar-refractivity contribution in [2.75, 3.05) is 25.0 Å². The van der Waals surface area contributed by atoms with Gasteiger partial charge in [-0.25, -0.2) is 4.39 Å². The Morgan fingerprint density at radius 2 is 2.12 bits per heavy atom. The monoisotopic (exact) mass is 459 g/mol. The number of hydrogen-bond acceptors (Lipinski definition) is 4. The fraction of sp³-hybridized carbons (Fsp3) is 0.259. The first-order chi connectivity index (χ1) is 16.5. The van der Waals surface area contributed by atoms with Crippen LogP contribution in [0.1, 0.15) is 41.4 Å². The summed E-state index contributed by atoms with van der Waals surface area (Å²) in [4.78, 5) is 27.5. The Morgan fingerprint density at radius 1 is 1.24 bits per heavy atom. The van der Waals surface area contributed by atoms with E-state index in [1.807, 2.05) is 18.2 Å². The van der Waals surface area contributed by atoms with Crippen molar-refractivity contribution in [3.05, 3.63) is 77.5 Å². The van der Waals surface area contributed by atoms with Crippen LogP contribution in [0.2, 0.25) is 0 Å². The van der Waals surface area contributed by atoms with Gasteiger partial charge in [0, 0.05) is 35.0 Å². The summed E-state index contributed by atoms with van der Waals surface area (Å²) in [7, 11) is 0. The molecule has 1 saturated heterocycles. The van der Waals surface area contributed by atoms with Crippen molar-refractivity contribution in [1.82, 2.24) is 10.2 Å². The standard InChI is InChI=1S/C27H26FN3O3/c1-2-31-10-4-7-21(31)15-29-26(32)18-6-3-5-17(11-18)19-12-22(34-16-19)14-24-23-13-20(28)8-9-25(23)30-27(24)33/h3,5-6,8-9,11-14,16,21H,2,4,7,10,15H2,1H3,(H,29,32)(H,30,33). The molecule has 0 aliphatic carbocycles. The number of rotatable bonds is 6. The molecule has 2 aliphatic heterocycles. The lowest BCUT2D eigenvalue weighted by Crippen LogP contribution is -2.40. The third-order valence-electron chi connectivity index (χ3n) is 6.53. The summed E-state index contributed by atoms with van der Waals surface area (Å²) in [5, 5.41) is 5.80. The highest BCUT2D eigenvalue weighted by molar-refractivity contribution is 6.34.